The smallest absolute Gasteiger partial charge is 0.249 e. The molecule has 0 radical (unpaired) electrons. The topological polar surface area (TPSA) is 83.1 Å². The highest BCUT2D eigenvalue weighted by molar-refractivity contribution is 6.31. The normalized spacial score (nSPS) is 14.4. The van der Waals surface area contributed by atoms with Crippen LogP contribution in [0.25, 0.3) is 0 Å². The SMILES string of the molecule is O=C(CN1CCN(Cc2c(F)cccc2Cl)CC1)N[C@@H](COCc1ccccc1)C(=O)Nc1ccc(Oc2ccc(F)cc2)cc1. The Bertz CT molecular complexity index is 1560. The summed E-state index contributed by atoms with van der Waals surface area (Å²) in [7, 11) is 0. The van der Waals surface area contributed by atoms with Gasteiger partial charge in [-0.05, 0) is 66.2 Å². The molecule has 240 valence electrons. The third-order valence-corrected chi connectivity index (χ3v) is 7.85. The van der Waals surface area contributed by atoms with Gasteiger partial charge in [0.2, 0.25) is 11.8 Å². The summed E-state index contributed by atoms with van der Waals surface area (Å²) in [6, 6.07) is 25.6. The van der Waals surface area contributed by atoms with Gasteiger partial charge in [0.15, 0.2) is 0 Å². The number of nitrogens with zero attached hydrogens (tertiary/aromatic N) is 2. The van der Waals surface area contributed by atoms with Crippen LogP contribution in [0.2, 0.25) is 5.02 Å². The third kappa shape index (κ3) is 9.82. The van der Waals surface area contributed by atoms with E-state index in [-0.39, 0.29) is 37.3 Å². The molecule has 1 aliphatic heterocycles. The van der Waals surface area contributed by atoms with E-state index in [2.05, 4.69) is 15.5 Å². The zero-order valence-electron chi connectivity index (χ0n) is 25.1. The van der Waals surface area contributed by atoms with E-state index in [1.807, 2.05) is 35.2 Å². The van der Waals surface area contributed by atoms with Crippen LogP contribution < -0.4 is 15.4 Å². The maximum absolute atomic E-state index is 14.2. The van der Waals surface area contributed by atoms with Crippen LogP contribution in [0.3, 0.4) is 0 Å². The van der Waals surface area contributed by atoms with Crippen LogP contribution in [0.4, 0.5) is 14.5 Å². The highest BCUT2D eigenvalue weighted by Gasteiger charge is 2.25. The predicted molar refractivity (Wildman–Crippen MR) is 173 cm³/mol. The second-order valence-corrected chi connectivity index (χ2v) is 11.4. The van der Waals surface area contributed by atoms with E-state index < -0.39 is 11.9 Å². The average molecular weight is 649 g/mol. The lowest BCUT2D eigenvalue weighted by Gasteiger charge is -2.34. The first-order valence-electron chi connectivity index (χ1n) is 15.0. The number of anilines is 1. The lowest BCUT2D eigenvalue weighted by molar-refractivity contribution is -0.129. The molecule has 0 aromatic heterocycles. The molecular weight excluding hydrogens is 614 g/mol. The van der Waals surface area contributed by atoms with Crippen molar-refractivity contribution in [2.75, 3.05) is 44.6 Å². The van der Waals surface area contributed by atoms with Crippen molar-refractivity contribution in [3.05, 3.63) is 125 Å². The molecule has 1 atom stereocenters. The summed E-state index contributed by atoms with van der Waals surface area (Å²) in [4.78, 5) is 30.5. The molecule has 2 N–H and O–H groups in total. The molecule has 1 saturated heterocycles. The van der Waals surface area contributed by atoms with Crippen LogP contribution in [-0.4, -0.2) is 67.0 Å². The number of rotatable bonds is 13. The van der Waals surface area contributed by atoms with Gasteiger partial charge in [-0.3, -0.25) is 19.4 Å². The van der Waals surface area contributed by atoms with Crippen molar-refractivity contribution in [2.45, 2.75) is 19.2 Å². The summed E-state index contributed by atoms with van der Waals surface area (Å²) in [6.45, 7) is 3.24. The molecule has 11 heteroatoms. The summed E-state index contributed by atoms with van der Waals surface area (Å²) in [6.07, 6.45) is 0. The van der Waals surface area contributed by atoms with Gasteiger partial charge in [0.05, 0.1) is 19.8 Å². The van der Waals surface area contributed by atoms with Gasteiger partial charge < -0.3 is 20.1 Å². The lowest BCUT2D eigenvalue weighted by Crippen LogP contribution is -2.53. The van der Waals surface area contributed by atoms with Crippen molar-refractivity contribution in [3.63, 3.8) is 0 Å². The van der Waals surface area contributed by atoms with Crippen molar-refractivity contribution in [1.29, 1.82) is 0 Å². The second kappa shape index (κ2) is 16.3. The van der Waals surface area contributed by atoms with Gasteiger partial charge in [-0.2, -0.15) is 0 Å². The fourth-order valence-electron chi connectivity index (χ4n) is 4.98. The first-order valence-corrected chi connectivity index (χ1v) is 15.3. The second-order valence-electron chi connectivity index (χ2n) is 10.9. The first kappa shape index (κ1) is 33.0. The summed E-state index contributed by atoms with van der Waals surface area (Å²) in [5.74, 6) is -0.436. The molecule has 0 unspecified atom stereocenters. The van der Waals surface area contributed by atoms with E-state index in [1.165, 1.54) is 30.3 Å². The number of hydrogen-bond donors (Lipinski definition) is 2. The fourth-order valence-corrected chi connectivity index (χ4v) is 5.20. The molecule has 46 heavy (non-hydrogen) atoms. The molecule has 0 bridgehead atoms. The highest BCUT2D eigenvalue weighted by atomic mass is 35.5. The van der Waals surface area contributed by atoms with E-state index in [1.54, 1.807) is 36.4 Å². The number of hydrogen-bond acceptors (Lipinski definition) is 6. The quantitative estimate of drug-likeness (QED) is 0.189. The van der Waals surface area contributed by atoms with Crippen molar-refractivity contribution in [3.8, 4) is 11.5 Å². The fraction of sp³-hybridized carbons (Fsp3) is 0.257. The standard InChI is InChI=1S/C35H35ClF2N4O4/c36-31-7-4-8-32(38)30(31)21-41-17-19-42(20-18-41)22-34(43)40-33(24-45-23-25-5-2-1-3-6-25)35(44)39-27-11-15-29(16-12-27)46-28-13-9-26(37)10-14-28/h1-16,33H,17-24H2,(H,39,44)(H,40,43)/t33-/m0/s1. The zero-order valence-corrected chi connectivity index (χ0v) is 25.9. The number of amides is 2. The van der Waals surface area contributed by atoms with Gasteiger partial charge in [0, 0.05) is 49.0 Å². The third-order valence-electron chi connectivity index (χ3n) is 7.49. The summed E-state index contributed by atoms with van der Waals surface area (Å²) < 4.78 is 39.0. The van der Waals surface area contributed by atoms with Gasteiger partial charge in [0.25, 0.3) is 0 Å². The Morgan fingerprint density at radius 3 is 2.13 bits per heavy atom. The Hall–Kier alpha value is -4.35. The van der Waals surface area contributed by atoms with Crippen molar-refractivity contribution in [2.24, 2.45) is 0 Å². The molecule has 1 aliphatic rings. The van der Waals surface area contributed by atoms with Gasteiger partial charge in [-0.1, -0.05) is 48.0 Å². The van der Waals surface area contributed by atoms with Crippen molar-refractivity contribution < 1.29 is 27.8 Å². The number of carbonyl (C=O) groups excluding carboxylic acids is 2. The molecule has 0 spiro atoms. The molecule has 4 aromatic carbocycles. The maximum atomic E-state index is 14.2. The van der Waals surface area contributed by atoms with Gasteiger partial charge in [-0.25, -0.2) is 8.78 Å². The molecule has 4 aromatic rings. The van der Waals surface area contributed by atoms with E-state index in [4.69, 9.17) is 21.1 Å². The van der Waals surface area contributed by atoms with Crippen LogP contribution in [0.1, 0.15) is 11.1 Å². The minimum absolute atomic E-state index is 0.0323. The number of nitrogens with one attached hydrogen (secondary N) is 2. The summed E-state index contributed by atoms with van der Waals surface area (Å²) >= 11 is 6.19. The Kier molecular flexibility index (Phi) is 11.7. The number of ether oxygens (including phenoxy) is 2. The summed E-state index contributed by atoms with van der Waals surface area (Å²) in [5.41, 5.74) is 1.92. The van der Waals surface area contributed by atoms with Crippen LogP contribution in [-0.2, 0) is 27.5 Å². The van der Waals surface area contributed by atoms with E-state index in [0.717, 1.165) is 5.56 Å². The average Bonchev–Trinajstić information content (AvgIpc) is 3.05. The molecule has 1 heterocycles. The minimum atomic E-state index is -0.948. The van der Waals surface area contributed by atoms with Crippen molar-refractivity contribution >= 4 is 29.1 Å². The monoisotopic (exact) mass is 648 g/mol. The summed E-state index contributed by atoms with van der Waals surface area (Å²) in [5, 5.41) is 6.07. The van der Waals surface area contributed by atoms with Gasteiger partial charge >= 0.3 is 0 Å². The molecule has 5 rings (SSSR count). The largest absolute Gasteiger partial charge is 0.457 e. The van der Waals surface area contributed by atoms with E-state index in [0.29, 0.717) is 60.5 Å². The minimum Gasteiger partial charge on any atom is -0.457 e. The molecule has 1 fully saturated rings. The molecule has 8 nitrogen and oxygen atoms in total. The number of benzene rings is 4. The van der Waals surface area contributed by atoms with Crippen LogP contribution in [0.5, 0.6) is 11.5 Å². The van der Waals surface area contributed by atoms with Crippen LogP contribution in [0.15, 0.2) is 97.1 Å². The first-order chi connectivity index (χ1) is 22.3. The highest BCUT2D eigenvalue weighted by Crippen LogP contribution is 2.24. The number of carbonyl (C=O) groups is 2. The van der Waals surface area contributed by atoms with E-state index in [9.17, 15) is 18.4 Å². The van der Waals surface area contributed by atoms with E-state index >= 15 is 0 Å². The Balaban J connectivity index is 1.14. The Labute approximate surface area is 271 Å². The number of halogens is 3. The van der Waals surface area contributed by atoms with Crippen LogP contribution >= 0.6 is 11.6 Å². The lowest BCUT2D eigenvalue weighted by atomic mass is 10.2. The Morgan fingerprint density at radius 1 is 0.804 bits per heavy atom. The van der Waals surface area contributed by atoms with Gasteiger partial charge in [0.1, 0.15) is 29.2 Å². The Morgan fingerprint density at radius 2 is 1.46 bits per heavy atom. The van der Waals surface area contributed by atoms with Crippen LogP contribution in [0, 0.1) is 11.6 Å². The molecule has 0 saturated carbocycles. The van der Waals surface area contributed by atoms with Gasteiger partial charge in [-0.15, -0.1) is 0 Å². The molecule has 0 aliphatic carbocycles. The maximum Gasteiger partial charge on any atom is 0.249 e. The predicted octanol–water partition coefficient (Wildman–Crippen LogP) is 5.87. The van der Waals surface area contributed by atoms with Crippen molar-refractivity contribution in [1.82, 2.24) is 15.1 Å². The molecular formula is C35H35ClF2N4O4. The number of piperazine rings is 1. The molecule has 2 amide bonds. The zero-order chi connectivity index (χ0) is 32.3.